The third kappa shape index (κ3) is 5.48. The molecular formula is C46H31N3O3. The number of fused-ring (bicyclic) bond motifs is 6. The number of aromatic nitrogens is 3. The molecule has 0 fully saturated rings. The van der Waals surface area contributed by atoms with Crippen LogP contribution in [0.2, 0.25) is 0 Å². The van der Waals surface area contributed by atoms with E-state index in [1.807, 2.05) is 60.7 Å². The number of benzene rings is 4. The van der Waals surface area contributed by atoms with E-state index < -0.39 is 0 Å². The van der Waals surface area contributed by atoms with E-state index in [9.17, 15) is 0 Å². The molecule has 7 aromatic rings. The first-order chi connectivity index (χ1) is 25.7. The highest BCUT2D eigenvalue weighted by molar-refractivity contribution is 6.07. The van der Waals surface area contributed by atoms with Crippen LogP contribution >= 0.6 is 0 Å². The average Bonchev–Trinajstić information content (AvgIpc) is 3.47. The van der Waals surface area contributed by atoms with Gasteiger partial charge in [-0.1, -0.05) is 91.1 Å². The Kier molecular flexibility index (Phi) is 7.35. The molecule has 2 aliphatic carbocycles. The van der Waals surface area contributed by atoms with Crippen LogP contribution in [0.15, 0.2) is 171 Å². The van der Waals surface area contributed by atoms with Gasteiger partial charge in [-0.3, -0.25) is 0 Å². The number of hydrogen-bond acceptors (Lipinski definition) is 6. The molecule has 1 atom stereocenters. The smallest absolute Gasteiger partial charge is 0.163 e. The third-order valence-electron chi connectivity index (χ3n) is 9.89. The average molecular weight is 674 g/mol. The zero-order valence-electron chi connectivity index (χ0n) is 28.1. The maximum atomic E-state index is 6.43. The number of allylic oxidation sites excluding steroid dienone is 10. The van der Waals surface area contributed by atoms with E-state index >= 15 is 0 Å². The van der Waals surface area contributed by atoms with E-state index in [1.165, 1.54) is 0 Å². The van der Waals surface area contributed by atoms with Crippen LogP contribution in [0.4, 0.5) is 0 Å². The lowest BCUT2D eigenvalue weighted by atomic mass is 9.99. The Morgan fingerprint density at radius 2 is 1.29 bits per heavy atom. The van der Waals surface area contributed by atoms with Crippen LogP contribution in [0.1, 0.15) is 23.7 Å². The van der Waals surface area contributed by atoms with Crippen molar-refractivity contribution < 1.29 is 13.6 Å². The third-order valence-corrected chi connectivity index (χ3v) is 9.89. The summed E-state index contributed by atoms with van der Waals surface area (Å²) in [6.45, 7) is 1.06. The highest BCUT2D eigenvalue weighted by Crippen LogP contribution is 2.36. The molecule has 52 heavy (non-hydrogen) atoms. The molecule has 4 aromatic carbocycles. The molecule has 0 amide bonds. The second-order valence-corrected chi connectivity index (χ2v) is 13.2. The lowest BCUT2D eigenvalue weighted by Gasteiger charge is -2.14. The van der Waals surface area contributed by atoms with Crippen molar-refractivity contribution in [1.29, 1.82) is 0 Å². The SMILES string of the molecule is C1=CC=CC=C(C2=CC=C(c3ccc4oc5cc(-c6nc(-c7ccc8c(c7)oc7ccccc78)nc([C@H]7C=CC=CC7)n6)ccc5c4c3)COC2)C=1. The summed E-state index contributed by atoms with van der Waals surface area (Å²) >= 11 is 0. The molecule has 0 bridgehead atoms. The van der Waals surface area contributed by atoms with E-state index in [4.69, 9.17) is 28.5 Å². The lowest BCUT2D eigenvalue weighted by Crippen LogP contribution is -2.07. The molecule has 6 nitrogen and oxygen atoms in total. The first-order valence-electron chi connectivity index (χ1n) is 17.5. The summed E-state index contributed by atoms with van der Waals surface area (Å²) in [5.74, 6) is 1.99. The number of para-hydroxylation sites is 1. The first-order valence-corrected chi connectivity index (χ1v) is 17.5. The standard InChI is InChI=1S/C46H31N3O3/c1-2-5-11-29(10-4-1)34-16-17-35(28-50-27-34)31-20-23-41-39(24-31)38-22-19-33(26-43(38)52-41)46-48-44(30-12-6-3-7-13-30)47-45(49-46)32-18-21-37-36-14-8-9-15-40(36)51-42(37)25-32/h1-4,6-12,14-26,30H,13,27-28H2/t30-/m0/s1. The van der Waals surface area contributed by atoms with Crippen LogP contribution in [0.3, 0.4) is 0 Å². The minimum atomic E-state index is 0.0519. The van der Waals surface area contributed by atoms with Gasteiger partial charge < -0.3 is 13.6 Å². The van der Waals surface area contributed by atoms with E-state index in [1.54, 1.807) is 0 Å². The van der Waals surface area contributed by atoms with Gasteiger partial charge in [-0.05, 0) is 83.3 Å². The Hall–Kier alpha value is -6.59. The molecule has 248 valence electrons. The van der Waals surface area contributed by atoms with Gasteiger partial charge >= 0.3 is 0 Å². The maximum absolute atomic E-state index is 6.43. The summed E-state index contributed by atoms with van der Waals surface area (Å²) in [5, 5.41) is 4.24. The van der Waals surface area contributed by atoms with Crippen molar-refractivity contribution in [3.8, 4) is 22.8 Å². The number of furan rings is 2. The normalized spacial score (nSPS) is 17.2. The van der Waals surface area contributed by atoms with Gasteiger partial charge in [-0.2, -0.15) is 0 Å². The summed E-state index contributed by atoms with van der Waals surface area (Å²) in [5.41, 5.74) is 12.6. The Balaban J connectivity index is 1.03. The molecule has 3 aliphatic rings. The number of rotatable bonds is 5. The van der Waals surface area contributed by atoms with E-state index in [0.717, 1.165) is 89.5 Å². The molecule has 0 unspecified atom stereocenters. The van der Waals surface area contributed by atoms with Gasteiger partial charge in [-0.25, -0.2) is 15.0 Å². The van der Waals surface area contributed by atoms with Gasteiger partial charge in [0.1, 0.15) is 28.2 Å². The van der Waals surface area contributed by atoms with Crippen LogP contribution in [0.5, 0.6) is 0 Å². The Morgan fingerprint density at radius 3 is 2.10 bits per heavy atom. The summed E-state index contributed by atoms with van der Waals surface area (Å²) < 4.78 is 18.8. The minimum absolute atomic E-state index is 0.0519. The second-order valence-electron chi connectivity index (χ2n) is 13.2. The molecule has 10 rings (SSSR count). The van der Waals surface area contributed by atoms with Crippen LogP contribution in [-0.4, -0.2) is 28.2 Å². The van der Waals surface area contributed by atoms with Gasteiger partial charge in [0.05, 0.1) is 13.2 Å². The van der Waals surface area contributed by atoms with Crippen molar-refractivity contribution in [3.63, 3.8) is 0 Å². The van der Waals surface area contributed by atoms with Gasteiger partial charge in [0, 0.05) is 38.6 Å². The molecule has 0 saturated carbocycles. The van der Waals surface area contributed by atoms with E-state index in [-0.39, 0.29) is 5.92 Å². The molecule has 6 heteroatoms. The summed E-state index contributed by atoms with van der Waals surface area (Å²) in [4.78, 5) is 15.1. The summed E-state index contributed by atoms with van der Waals surface area (Å²) in [6.07, 6.45) is 23.6. The van der Waals surface area contributed by atoms with Crippen molar-refractivity contribution in [1.82, 2.24) is 15.0 Å². The number of hydrogen-bond donors (Lipinski definition) is 0. The highest BCUT2D eigenvalue weighted by Gasteiger charge is 2.20. The van der Waals surface area contributed by atoms with Crippen molar-refractivity contribution in [2.45, 2.75) is 12.3 Å². The van der Waals surface area contributed by atoms with E-state index in [2.05, 4.69) is 90.7 Å². The second kappa shape index (κ2) is 12.6. The number of nitrogens with zero attached hydrogens (tertiary/aromatic N) is 3. The largest absolute Gasteiger partial charge is 0.456 e. The zero-order valence-corrected chi connectivity index (χ0v) is 28.1. The molecular weight excluding hydrogens is 643 g/mol. The molecule has 0 saturated heterocycles. The summed E-state index contributed by atoms with van der Waals surface area (Å²) in [7, 11) is 0. The van der Waals surface area contributed by atoms with Gasteiger partial charge in [0.15, 0.2) is 11.6 Å². The Labute approximate surface area is 299 Å². The van der Waals surface area contributed by atoms with Crippen LogP contribution in [0, 0.1) is 0 Å². The zero-order chi connectivity index (χ0) is 34.4. The molecule has 0 radical (unpaired) electrons. The van der Waals surface area contributed by atoms with Crippen LogP contribution in [-0.2, 0) is 4.74 Å². The maximum Gasteiger partial charge on any atom is 0.163 e. The quantitative estimate of drug-likeness (QED) is 0.169. The minimum Gasteiger partial charge on any atom is -0.456 e. The van der Waals surface area contributed by atoms with Crippen molar-refractivity contribution >= 4 is 49.5 Å². The molecule has 0 spiro atoms. The van der Waals surface area contributed by atoms with Gasteiger partial charge in [0.2, 0.25) is 0 Å². The topological polar surface area (TPSA) is 74.2 Å². The summed E-state index contributed by atoms with van der Waals surface area (Å²) in [6, 6.07) is 26.8. The Morgan fingerprint density at radius 1 is 0.577 bits per heavy atom. The fraction of sp³-hybridized carbons (Fsp3) is 0.0870. The highest BCUT2D eigenvalue weighted by atomic mass is 16.5. The molecule has 0 N–H and O–H groups in total. The van der Waals surface area contributed by atoms with E-state index in [0.29, 0.717) is 24.9 Å². The first kappa shape index (κ1) is 30.3. The van der Waals surface area contributed by atoms with Crippen LogP contribution < -0.4 is 0 Å². The fourth-order valence-corrected chi connectivity index (χ4v) is 7.15. The van der Waals surface area contributed by atoms with Crippen molar-refractivity contribution in [2.24, 2.45) is 0 Å². The van der Waals surface area contributed by atoms with Crippen LogP contribution in [0.25, 0.3) is 72.2 Å². The predicted octanol–water partition coefficient (Wildman–Crippen LogP) is 11.2. The van der Waals surface area contributed by atoms with Crippen molar-refractivity contribution in [3.05, 3.63) is 174 Å². The fourth-order valence-electron chi connectivity index (χ4n) is 7.15. The van der Waals surface area contributed by atoms with Crippen molar-refractivity contribution in [2.75, 3.05) is 13.2 Å². The van der Waals surface area contributed by atoms with Gasteiger partial charge in [0.25, 0.3) is 0 Å². The lowest BCUT2D eigenvalue weighted by molar-refractivity contribution is 0.195. The molecule has 3 aromatic heterocycles. The molecule has 4 heterocycles. The monoisotopic (exact) mass is 673 g/mol. The molecule has 1 aliphatic heterocycles. The Bertz CT molecular complexity index is 2850. The number of ether oxygens (including phenoxy) is 1. The van der Waals surface area contributed by atoms with Gasteiger partial charge in [-0.15, -0.1) is 5.73 Å². The predicted molar refractivity (Wildman–Crippen MR) is 208 cm³/mol.